The lowest BCUT2D eigenvalue weighted by atomic mass is 9.53. The highest BCUT2D eigenvalue weighted by molar-refractivity contribution is 5.85. The second-order valence-electron chi connectivity index (χ2n) is 5.31. The zero-order chi connectivity index (χ0) is 8.18. The fraction of sp³-hybridized carbons (Fsp3) is 1.00. The SMILES string of the molecule is Cl.ONC12CC3CC(CC(C3)C1)C2. The first-order valence-electron chi connectivity index (χ1n) is 5.21. The van der Waals surface area contributed by atoms with E-state index >= 15 is 0 Å². The Bertz CT molecular complexity index is 172. The fourth-order valence-electron chi connectivity index (χ4n) is 4.25. The van der Waals surface area contributed by atoms with Crippen LogP contribution in [0.15, 0.2) is 0 Å². The van der Waals surface area contributed by atoms with E-state index in [1.165, 1.54) is 38.5 Å². The molecule has 3 heteroatoms. The third kappa shape index (κ3) is 1.39. The molecular weight excluding hydrogens is 186 g/mol. The van der Waals surface area contributed by atoms with Gasteiger partial charge in [0.2, 0.25) is 0 Å². The number of halogens is 1. The Morgan fingerprint density at radius 3 is 1.62 bits per heavy atom. The zero-order valence-electron chi connectivity index (χ0n) is 7.83. The van der Waals surface area contributed by atoms with E-state index in [2.05, 4.69) is 5.48 Å². The van der Waals surface area contributed by atoms with Crippen molar-refractivity contribution in [2.75, 3.05) is 0 Å². The van der Waals surface area contributed by atoms with Crippen LogP contribution in [0.4, 0.5) is 0 Å². The summed E-state index contributed by atoms with van der Waals surface area (Å²) in [5.74, 6) is 2.78. The maximum atomic E-state index is 9.18. The van der Waals surface area contributed by atoms with Crippen LogP contribution in [0.1, 0.15) is 38.5 Å². The van der Waals surface area contributed by atoms with Crippen molar-refractivity contribution in [3.8, 4) is 0 Å². The van der Waals surface area contributed by atoms with Crippen LogP contribution in [0.25, 0.3) is 0 Å². The maximum absolute atomic E-state index is 9.18. The molecule has 76 valence electrons. The molecule has 4 bridgehead atoms. The number of rotatable bonds is 1. The van der Waals surface area contributed by atoms with Crippen LogP contribution in [0.3, 0.4) is 0 Å². The summed E-state index contributed by atoms with van der Waals surface area (Å²) >= 11 is 0. The molecule has 0 atom stereocenters. The molecule has 0 aromatic rings. The Morgan fingerprint density at radius 1 is 0.923 bits per heavy atom. The average molecular weight is 204 g/mol. The van der Waals surface area contributed by atoms with Gasteiger partial charge in [0.25, 0.3) is 0 Å². The van der Waals surface area contributed by atoms with Crippen molar-refractivity contribution in [1.82, 2.24) is 5.48 Å². The van der Waals surface area contributed by atoms with E-state index in [1.54, 1.807) is 0 Å². The zero-order valence-corrected chi connectivity index (χ0v) is 8.65. The summed E-state index contributed by atoms with van der Waals surface area (Å²) in [5, 5.41) is 9.18. The minimum absolute atomic E-state index is 0. The first kappa shape index (κ1) is 9.75. The van der Waals surface area contributed by atoms with Gasteiger partial charge >= 0.3 is 0 Å². The minimum Gasteiger partial charge on any atom is -0.316 e. The minimum atomic E-state index is 0. The van der Waals surface area contributed by atoms with Gasteiger partial charge in [-0.3, -0.25) is 0 Å². The third-order valence-electron chi connectivity index (χ3n) is 4.28. The van der Waals surface area contributed by atoms with E-state index < -0.39 is 0 Å². The smallest absolute Gasteiger partial charge is 0.0438 e. The molecule has 0 aromatic carbocycles. The van der Waals surface area contributed by atoms with E-state index in [0.717, 1.165) is 17.8 Å². The third-order valence-corrected chi connectivity index (χ3v) is 4.28. The molecule has 0 spiro atoms. The van der Waals surface area contributed by atoms with Gasteiger partial charge in [-0.05, 0) is 56.3 Å². The van der Waals surface area contributed by atoms with Gasteiger partial charge in [-0.15, -0.1) is 12.4 Å². The molecule has 0 radical (unpaired) electrons. The highest BCUT2D eigenvalue weighted by Crippen LogP contribution is 2.55. The number of hydrogen-bond acceptors (Lipinski definition) is 2. The molecule has 2 nitrogen and oxygen atoms in total. The Hall–Kier alpha value is 0.210. The maximum Gasteiger partial charge on any atom is 0.0438 e. The molecule has 0 heterocycles. The molecule has 0 amide bonds. The van der Waals surface area contributed by atoms with Crippen LogP contribution in [0, 0.1) is 17.8 Å². The summed E-state index contributed by atoms with van der Waals surface area (Å²) in [6, 6.07) is 0. The first-order valence-corrected chi connectivity index (χ1v) is 5.21. The number of hydroxylamine groups is 1. The predicted molar refractivity (Wildman–Crippen MR) is 53.1 cm³/mol. The molecule has 4 aliphatic carbocycles. The van der Waals surface area contributed by atoms with Crippen LogP contribution >= 0.6 is 12.4 Å². The van der Waals surface area contributed by atoms with Crippen molar-refractivity contribution < 1.29 is 5.21 Å². The second-order valence-corrected chi connectivity index (χ2v) is 5.31. The highest BCUT2D eigenvalue weighted by atomic mass is 35.5. The van der Waals surface area contributed by atoms with Crippen molar-refractivity contribution in [2.24, 2.45) is 17.8 Å². The molecule has 0 saturated heterocycles. The molecule has 4 fully saturated rings. The van der Waals surface area contributed by atoms with Crippen molar-refractivity contribution in [2.45, 2.75) is 44.1 Å². The van der Waals surface area contributed by atoms with Gasteiger partial charge in [-0.2, -0.15) is 5.48 Å². The van der Waals surface area contributed by atoms with Gasteiger partial charge < -0.3 is 5.21 Å². The molecule has 0 unspecified atom stereocenters. The van der Waals surface area contributed by atoms with Crippen LogP contribution in [0.5, 0.6) is 0 Å². The molecule has 0 aliphatic heterocycles. The summed E-state index contributed by atoms with van der Waals surface area (Å²) in [6.45, 7) is 0. The van der Waals surface area contributed by atoms with Crippen molar-refractivity contribution in [3.05, 3.63) is 0 Å². The summed E-state index contributed by atoms with van der Waals surface area (Å²) in [7, 11) is 0. The monoisotopic (exact) mass is 203 g/mol. The highest BCUT2D eigenvalue weighted by Gasteiger charge is 2.50. The lowest BCUT2D eigenvalue weighted by molar-refractivity contribution is -0.0789. The normalized spacial score (nSPS) is 51.9. The average Bonchev–Trinajstić information content (AvgIpc) is 2.02. The Balaban J connectivity index is 0.000000653. The van der Waals surface area contributed by atoms with E-state index in [-0.39, 0.29) is 17.9 Å². The summed E-state index contributed by atoms with van der Waals surface area (Å²) < 4.78 is 0. The van der Waals surface area contributed by atoms with Crippen molar-refractivity contribution in [1.29, 1.82) is 0 Å². The lowest BCUT2D eigenvalue weighted by Crippen LogP contribution is -2.57. The van der Waals surface area contributed by atoms with Gasteiger partial charge in [0, 0.05) is 5.54 Å². The molecule has 2 N–H and O–H groups in total. The first-order chi connectivity index (χ1) is 5.80. The summed E-state index contributed by atoms with van der Waals surface area (Å²) in [6.07, 6.45) is 8.03. The van der Waals surface area contributed by atoms with Gasteiger partial charge in [0.1, 0.15) is 0 Å². The van der Waals surface area contributed by atoms with E-state index in [9.17, 15) is 5.21 Å². The standard InChI is InChI=1S/C10H17NO.ClH/c12-11-10-4-7-1-8(5-10)3-9(2-7)6-10;/h7-9,11-12H,1-6H2;1H. The fourth-order valence-corrected chi connectivity index (χ4v) is 4.25. The van der Waals surface area contributed by atoms with Crippen LogP contribution in [0.2, 0.25) is 0 Å². The van der Waals surface area contributed by atoms with Gasteiger partial charge in [-0.25, -0.2) is 0 Å². The van der Waals surface area contributed by atoms with E-state index in [0.29, 0.717) is 0 Å². The molecule has 13 heavy (non-hydrogen) atoms. The van der Waals surface area contributed by atoms with Crippen LogP contribution < -0.4 is 5.48 Å². The topological polar surface area (TPSA) is 32.3 Å². The Morgan fingerprint density at radius 2 is 1.31 bits per heavy atom. The van der Waals surface area contributed by atoms with E-state index in [4.69, 9.17) is 0 Å². The van der Waals surface area contributed by atoms with Gasteiger partial charge in [0.15, 0.2) is 0 Å². The predicted octanol–water partition coefficient (Wildman–Crippen LogP) is 2.36. The van der Waals surface area contributed by atoms with E-state index in [1.807, 2.05) is 0 Å². The van der Waals surface area contributed by atoms with Crippen LogP contribution in [-0.4, -0.2) is 10.7 Å². The van der Waals surface area contributed by atoms with Gasteiger partial charge in [-0.1, -0.05) is 0 Å². The van der Waals surface area contributed by atoms with Gasteiger partial charge in [0.05, 0.1) is 0 Å². The Kier molecular flexibility index (Phi) is 2.33. The van der Waals surface area contributed by atoms with Crippen molar-refractivity contribution in [3.63, 3.8) is 0 Å². The number of nitrogens with one attached hydrogen (secondary N) is 1. The summed E-state index contributed by atoms with van der Waals surface area (Å²) in [5.41, 5.74) is 2.76. The molecule has 4 aliphatic rings. The molecule has 0 aromatic heterocycles. The van der Waals surface area contributed by atoms with Crippen LogP contribution in [-0.2, 0) is 0 Å². The number of hydrogen-bond donors (Lipinski definition) is 2. The second kappa shape index (κ2) is 3.11. The quantitative estimate of drug-likeness (QED) is 0.642. The lowest BCUT2D eigenvalue weighted by Gasteiger charge is -2.56. The molecule has 4 rings (SSSR count). The molecular formula is C10H18ClNO. The Labute approximate surface area is 85.5 Å². The largest absolute Gasteiger partial charge is 0.316 e. The molecule has 4 saturated carbocycles. The van der Waals surface area contributed by atoms with Crippen molar-refractivity contribution >= 4 is 12.4 Å². The summed E-state index contributed by atoms with van der Waals surface area (Å²) in [4.78, 5) is 0.